The van der Waals surface area contributed by atoms with E-state index in [9.17, 15) is 0 Å². The van der Waals surface area contributed by atoms with Gasteiger partial charge in [0.05, 0.1) is 25.9 Å². The molecule has 0 aliphatic heterocycles. The van der Waals surface area contributed by atoms with E-state index in [-0.39, 0.29) is 12.4 Å². The molecule has 0 fully saturated rings. The molecule has 0 saturated carbocycles. The van der Waals surface area contributed by atoms with E-state index in [4.69, 9.17) is 23.7 Å². The summed E-state index contributed by atoms with van der Waals surface area (Å²) >= 11 is 0. The topological polar surface area (TPSA) is 46.2 Å². The maximum absolute atomic E-state index is 5.55. The highest BCUT2D eigenvalue weighted by atomic mass is 16.7. The van der Waals surface area contributed by atoms with Crippen LogP contribution in [0.3, 0.4) is 0 Å². The lowest BCUT2D eigenvalue weighted by molar-refractivity contribution is -0.138. The number of rotatable bonds is 10. The van der Waals surface area contributed by atoms with Crippen molar-refractivity contribution in [3.8, 4) is 0 Å². The molecule has 0 aliphatic carbocycles. The van der Waals surface area contributed by atoms with Gasteiger partial charge in [-0.1, -0.05) is 0 Å². The molecule has 0 radical (unpaired) electrons. The molecule has 5 heteroatoms. The van der Waals surface area contributed by atoms with Crippen LogP contribution in [0, 0.1) is 0 Å². The van der Waals surface area contributed by atoms with Gasteiger partial charge in [-0.05, 0) is 0 Å². The minimum atomic E-state index is -0.257. The molecule has 0 saturated heterocycles. The molecule has 1 atom stereocenters. The van der Waals surface area contributed by atoms with Gasteiger partial charge in [0.1, 0.15) is 0 Å². The number of hydrogen-bond acceptors (Lipinski definition) is 5. The maximum Gasteiger partial charge on any atom is 0.159 e. The zero-order valence-electron chi connectivity index (χ0n) is 10.0. The van der Waals surface area contributed by atoms with Crippen molar-refractivity contribution in [3.63, 3.8) is 0 Å². The van der Waals surface area contributed by atoms with Gasteiger partial charge in [0.2, 0.25) is 0 Å². The van der Waals surface area contributed by atoms with Crippen LogP contribution < -0.4 is 0 Å². The molecular formula is C10H22O5. The number of methoxy groups -OCH3 is 4. The van der Waals surface area contributed by atoms with Gasteiger partial charge in [-0.3, -0.25) is 0 Å². The van der Waals surface area contributed by atoms with E-state index in [2.05, 4.69) is 0 Å². The van der Waals surface area contributed by atoms with Crippen molar-refractivity contribution in [2.45, 2.75) is 18.8 Å². The smallest absolute Gasteiger partial charge is 0.159 e. The Balaban J connectivity index is 3.79. The van der Waals surface area contributed by atoms with Crippen molar-refractivity contribution in [1.82, 2.24) is 0 Å². The second kappa shape index (κ2) is 10.3. The Bertz CT molecular complexity index is 127. The number of hydrogen-bond donors (Lipinski definition) is 0. The third-order valence-electron chi connectivity index (χ3n) is 1.97. The van der Waals surface area contributed by atoms with Crippen LogP contribution in [-0.4, -0.2) is 60.7 Å². The van der Waals surface area contributed by atoms with Gasteiger partial charge in [-0.2, -0.15) is 0 Å². The van der Waals surface area contributed by atoms with Crippen LogP contribution in [0.2, 0.25) is 0 Å². The Hall–Kier alpha value is -0.200. The summed E-state index contributed by atoms with van der Waals surface area (Å²) in [5.41, 5.74) is 0. The van der Waals surface area contributed by atoms with Gasteiger partial charge in [0.15, 0.2) is 6.29 Å². The molecule has 0 N–H and O–H groups in total. The summed E-state index contributed by atoms with van der Waals surface area (Å²) < 4.78 is 25.7. The highest BCUT2D eigenvalue weighted by Crippen LogP contribution is 2.07. The predicted molar refractivity (Wildman–Crippen MR) is 55.9 cm³/mol. The average molecular weight is 222 g/mol. The minimum Gasteiger partial charge on any atom is -0.382 e. The fraction of sp³-hybridized carbons (Fsp3) is 1.00. The maximum atomic E-state index is 5.55. The van der Waals surface area contributed by atoms with E-state index < -0.39 is 0 Å². The molecule has 0 aliphatic rings. The van der Waals surface area contributed by atoms with E-state index in [1.807, 2.05) is 0 Å². The Morgan fingerprint density at radius 3 is 2.00 bits per heavy atom. The summed E-state index contributed by atoms with van der Waals surface area (Å²) in [6, 6.07) is 0. The van der Waals surface area contributed by atoms with E-state index >= 15 is 0 Å². The SMILES string of the molecule is COCCOC(COC)CC(OC)OC. The molecule has 0 amide bonds. The summed E-state index contributed by atoms with van der Waals surface area (Å²) in [5.74, 6) is 0. The van der Waals surface area contributed by atoms with Crippen molar-refractivity contribution in [2.75, 3.05) is 48.3 Å². The van der Waals surface area contributed by atoms with Crippen LogP contribution in [0.4, 0.5) is 0 Å². The molecule has 0 rings (SSSR count). The molecule has 0 aromatic carbocycles. The highest BCUT2D eigenvalue weighted by molar-refractivity contribution is 4.59. The summed E-state index contributed by atoms with van der Waals surface area (Å²) in [6.45, 7) is 1.64. The quantitative estimate of drug-likeness (QED) is 0.401. The first kappa shape index (κ1) is 14.8. The van der Waals surface area contributed by atoms with Gasteiger partial charge >= 0.3 is 0 Å². The van der Waals surface area contributed by atoms with Gasteiger partial charge in [-0.25, -0.2) is 0 Å². The monoisotopic (exact) mass is 222 g/mol. The second-order valence-corrected chi connectivity index (χ2v) is 3.08. The van der Waals surface area contributed by atoms with Crippen molar-refractivity contribution >= 4 is 0 Å². The Kier molecular flexibility index (Phi) is 10.2. The molecular weight excluding hydrogens is 200 g/mol. The van der Waals surface area contributed by atoms with E-state index in [0.29, 0.717) is 26.2 Å². The van der Waals surface area contributed by atoms with E-state index in [0.717, 1.165) is 0 Å². The fourth-order valence-electron chi connectivity index (χ4n) is 1.17. The molecule has 92 valence electrons. The summed E-state index contributed by atoms with van der Waals surface area (Å²) in [5, 5.41) is 0. The Morgan fingerprint density at radius 2 is 1.53 bits per heavy atom. The highest BCUT2D eigenvalue weighted by Gasteiger charge is 2.16. The second-order valence-electron chi connectivity index (χ2n) is 3.08. The molecule has 5 nitrogen and oxygen atoms in total. The van der Waals surface area contributed by atoms with Crippen LogP contribution in [-0.2, 0) is 23.7 Å². The third-order valence-corrected chi connectivity index (χ3v) is 1.97. The molecule has 0 heterocycles. The van der Waals surface area contributed by atoms with Crippen LogP contribution in [0.25, 0.3) is 0 Å². The van der Waals surface area contributed by atoms with E-state index in [1.165, 1.54) is 0 Å². The standard InChI is InChI=1S/C10H22O5/c1-11-5-6-15-9(8-12-2)7-10(13-3)14-4/h9-10H,5-8H2,1-4H3. The van der Waals surface area contributed by atoms with Crippen LogP contribution in [0.1, 0.15) is 6.42 Å². The van der Waals surface area contributed by atoms with Gasteiger partial charge in [-0.15, -0.1) is 0 Å². The molecule has 0 spiro atoms. The Labute approximate surface area is 91.6 Å². The first-order valence-corrected chi connectivity index (χ1v) is 4.93. The van der Waals surface area contributed by atoms with Crippen molar-refractivity contribution in [1.29, 1.82) is 0 Å². The molecule has 0 bridgehead atoms. The normalized spacial score (nSPS) is 13.4. The predicted octanol–water partition coefficient (Wildman–Crippen LogP) is 0.673. The minimum absolute atomic E-state index is 0.0324. The summed E-state index contributed by atoms with van der Waals surface area (Å²) in [4.78, 5) is 0. The molecule has 1 unspecified atom stereocenters. The van der Waals surface area contributed by atoms with Crippen LogP contribution in [0.5, 0.6) is 0 Å². The van der Waals surface area contributed by atoms with Gasteiger partial charge < -0.3 is 23.7 Å². The number of ether oxygens (including phenoxy) is 5. The zero-order chi connectivity index (χ0) is 11.5. The average Bonchev–Trinajstić information content (AvgIpc) is 2.26. The van der Waals surface area contributed by atoms with Gasteiger partial charge in [0.25, 0.3) is 0 Å². The fourth-order valence-corrected chi connectivity index (χ4v) is 1.17. The largest absolute Gasteiger partial charge is 0.382 e. The zero-order valence-corrected chi connectivity index (χ0v) is 10.0. The summed E-state index contributed by atoms with van der Waals surface area (Å²) in [6.07, 6.45) is 0.354. The lowest BCUT2D eigenvalue weighted by Crippen LogP contribution is -2.28. The van der Waals surface area contributed by atoms with Crippen molar-refractivity contribution in [2.24, 2.45) is 0 Å². The Morgan fingerprint density at radius 1 is 0.867 bits per heavy atom. The van der Waals surface area contributed by atoms with Crippen LogP contribution in [0.15, 0.2) is 0 Å². The van der Waals surface area contributed by atoms with E-state index in [1.54, 1.807) is 28.4 Å². The summed E-state index contributed by atoms with van der Waals surface area (Å²) in [7, 11) is 6.49. The molecule has 0 aromatic rings. The first-order valence-electron chi connectivity index (χ1n) is 4.93. The van der Waals surface area contributed by atoms with Crippen molar-refractivity contribution in [3.05, 3.63) is 0 Å². The third kappa shape index (κ3) is 7.70. The first-order chi connectivity index (χ1) is 7.28. The van der Waals surface area contributed by atoms with Crippen molar-refractivity contribution < 1.29 is 23.7 Å². The lowest BCUT2D eigenvalue weighted by atomic mass is 10.2. The molecule has 0 aromatic heterocycles. The van der Waals surface area contributed by atoms with Crippen LogP contribution >= 0.6 is 0 Å². The lowest BCUT2D eigenvalue weighted by Gasteiger charge is -2.21. The van der Waals surface area contributed by atoms with Gasteiger partial charge in [0, 0.05) is 34.9 Å². The molecule has 15 heavy (non-hydrogen) atoms.